The van der Waals surface area contributed by atoms with Gasteiger partial charge in [-0.2, -0.15) is 10.5 Å². The molecule has 0 aliphatic rings. The SMILES string of the molecule is CC(=O)COc1ccc(NC(=O)c2ccccc2C(=O)O)cc1C#N.CC(=O)COc1ccc(NC(=O)c2ccccc2C(=O)O)cc1C#N.CCCCc1ccc(CC(=O)c2ccccc2C(=O)O)c(C(N)=O)c1.CCCCc1ccc(CC(=O)c2ccccc2C(=O)O)cc1OC.CCCCc1ccc(NC(=O)c2ccccc2C(=O)O)c(C(=O)O)c1.COCCc1ccc(CC(=O)c2ccccc2C(=O)O)cc1. The van der Waals surface area contributed by atoms with Gasteiger partial charge in [0.1, 0.15) is 42.6 Å². The lowest BCUT2D eigenvalue weighted by Crippen LogP contribution is -2.18. The normalized spacial score (nSPS) is 10.2. The van der Waals surface area contributed by atoms with Gasteiger partial charge < -0.3 is 76.4 Å². The van der Waals surface area contributed by atoms with Gasteiger partial charge in [-0.3, -0.25) is 43.2 Å². The molecule has 0 heterocycles. The monoisotopic (exact) mass is 1980 g/mol. The molecule has 0 radical (unpaired) electrons. The van der Waals surface area contributed by atoms with Gasteiger partial charge in [-0.1, -0.05) is 186 Å². The van der Waals surface area contributed by atoms with E-state index >= 15 is 0 Å². The molecule has 0 spiro atoms. The van der Waals surface area contributed by atoms with E-state index < -0.39 is 65.4 Å². The van der Waals surface area contributed by atoms with Gasteiger partial charge >= 0.3 is 41.8 Å². The number of nitrogens with zero attached hydrogens (tertiary/aromatic N) is 2. The first-order valence-electron chi connectivity index (χ1n) is 45.7. The third-order valence-electron chi connectivity index (χ3n) is 21.6. The van der Waals surface area contributed by atoms with E-state index in [1.165, 1.54) is 141 Å². The number of hydrogen-bond acceptors (Lipinski definition) is 22. The van der Waals surface area contributed by atoms with Crippen LogP contribution in [0, 0.1) is 22.7 Å². The van der Waals surface area contributed by atoms with Crippen LogP contribution in [-0.2, 0) is 59.3 Å². The van der Waals surface area contributed by atoms with Crippen molar-refractivity contribution in [3.05, 3.63) is 389 Å². The number of primary amides is 1. The number of benzene rings is 12. The molecule has 4 amide bonds. The molecule has 0 unspecified atom stereocenters. The molecule has 0 aromatic heterocycles. The molecular weight excluding hydrogens is 1870 g/mol. The van der Waals surface area contributed by atoms with E-state index in [1.54, 1.807) is 99.1 Å². The van der Waals surface area contributed by atoms with Crippen molar-refractivity contribution in [1.82, 2.24) is 0 Å². The summed E-state index contributed by atoms with van der Waals surface area (Å²) in [4.78, 5) is 187. The Morgan fingerprint density at radius 1 is 0.308 bits per heavy atom. The molecule has 33 heteroatoms. The Labute approximate surface area is 840 Å². The number of carbonyl (C=O) groups is 16. The second kappa shape index (κ2) is 58.5. The largest absolute Gasteiger partial charge is 0.496 e. The number of ether oxygens (including phenoxy) is 4. The molecule has 752 valence electrons. The second-order valence-corrected chi connectivity index (χ2v) is 32.5. The maximum Gasteiger partial charge on any atom is 0.337 e. The highest BCUT2D eigenvalue weighted by atomic mass is 16.5. The predicted octanol–water partition coefficient (Wildman–Crippen LogP) is 19.0. The van der Waals surface area contributed by atoms with Crippen LogP contribution in [0.25, 0.3) is 0 Å². The summed E-state index contributed by atoms with van der Waals surface area (Å²) in [5.74, 6) is -10.5. The fourth-order valence-corrected chi connectivity index (χ4v) is 14.2. The fourth-order valence-electron chi connectivity index (χ4n) is 14.2. The van der Waals surface area contributed by atoms with E-state index in [9.17, 15) is 103 Å². The molecule has 12 rings (SSSR count). The molecule has 0 aliphatic heterocycles. The van der Waals surface area contributed by atoms with Gasteiger partial charge in [0.15, 0.2) is 28.9 Å². The van der Waals surface area contributed by atoms with Gasteiger partial charge in [-0.25, -0.2) is 33.6 Å². The fraction of sp³-hybridized carbons (Fsp3) is 0.204. The number of Topliss-reactive ketones (excluding diaryl/α,β-unsaturated/α-hetero) is 5. The van der Waals surface area contributed by atoms with Crippen LogP contribution in [-0.4, -0.2) is 164 Å². The molecule has 0 fully saturated rings. The Bertz CT molecular complexity index is 6610. The van der Waals surface area contributed by atoms with Crippen LogP contribution in [0.3, 0.4) is 0 Å². The molecule has 12 N–H and O–H groups in total. The van der Waals surface area contributed by atoms with E-state index in [1.807, 2.05) is 67.6 Å². The summed E-state index contributed by atoms with van der Waals surface area (Å²) in [6.07, 6.45) is 9.79. The highest BCUT2D eigenvalue weighted by Gasteiger charge is 2.26. The van der Waals surface area contributed by atoms with Crippen LogP contribution >= 0.6 is 0 Å². The van der Waals surface area contributed by atoms with Crippen LogP contribution in [0.5, 0.6) is 17.2 Å². The number of anilines is 3. The van der Waals surface area contributed by atoms with E-state index in [0.717, 1.165) is 103 Å². The van der Waals surface area contributed by atoms with Gasteiger partial charge in [0.2, 0.25) is 5.91 Å². The number of aryl methyl sites for hydroxylation is 3. The maximum absolute atomic E-state index is 12.6. The van der Waals surface area contributed by atoms with E-state index in [0.29, 0.717) is 29.1 Å². The number of methoxy groups -OCH3 is 2. The van der Waals surface area contributed by atoms with Gasteiger partial charge in [-0.15, -0.1) is 0 Å². The number of rotatable bonds is 42. The van der Waals surface area contributed by atoms with Crippen molar-refractivity contribution in [1.29, 1.82) is 10.5 Å². The number of carboxylic acid groups (broad SMARTS) is 7. The first-order valence-corrected chi connectivity index (χ1v) is 45.7. The van der Waals surface area contributed by atoms with Crippen molar-refractivity contribution in [2.45, 2.75) is 118 Å². The van der Waals surface area contributed by atoms with Gasteiger partial charge in [-0.05, 0) is 213 Å². The highest BCUT2D eigenvalue weighted by Crippen LogP contribution is 2.30. The molecule has 0 atom stereocenters. The Morgan fingerprint density at radius 3 is 0.979 bits per heavy atom. The molecule has 0 saturated heterocycles. The molecule has 0 bridgehead atoms. The summed E-state index contributed by atoms with van der Waals surface area (Å²) in [6.45, 7) is 9.33. The average molecular weight is 1980 g/mol. The molecular formula is C113H108N6O27. The lowest BCUT2D eigenvalue weighted by Gasteiger charge is -2.11. The van der Waals surface area contributed by atoms with Gasteiger partial charge in [0.25, 0.3) is 17.7 Å². The van der Waals surface area contributed by atoms with Crippen LogP contribution in [0.15, 0.2) is 261 Å². The second-order valence-electron chi connectivity index (χ2n) is 32.5. The minimum absolute atomic E-state index is 0.00501. The van der Waals surface area contributed by atoms with Crippen molar-refractivity contribution in [3.63, 3.8) is 0 Å². The summed E-state index contributed by atoms with van der Waals surface area (Å²) in [5, 5.41) is 90.3. The zero-order valence-electron chi connectivity index (χ0n) is 80.9. The molecule has 33 nitrogen and oxygen atoms in total. The Morgan fingerprint density at radius 2 is 0.623 bits per heavy atom. The summed E-state index contributed by atoms with van der Waals surface area (Å²) in [7, 11) is 3.28. The number of amides is 4. The number of carbonyl (C=O) groups excluding carboxylic acids is 9. The van der Waals surface area contributed by atoms with Crippen molar-refractivity contribution in [2.75, 3.05) is 50.0 Å². The first kappa shape index (κ1) is 114. The van der Waals surface area contributed by atoms with Crippen molar-refractivity contribution < 1.29 is 131 Å². The molecule has 0 aliphatic carbocycles. The van der Waals surface area contributed by atoms with E-state index in [-0.39, 0.29) is 162 Å². The zero-order chi connectivity index (χ0) is 107. The average Bonchev–Trinajstić information content (AvgIpc) is 0.809. The highest BCUT2D eigenvalue weighted by molar-refractivity contribution is 6.15. The topological polar surface area (TPSA) is 561 Å². The molecule has 12 aromatic rings. The number of ketones is 5. The number of unbranched alkanes of at least 4 members (excludes halogenated alkanes) is 3. The minimum Gasteiger partial charge on any atom is -0.496 e. The van der Waals surface area contributed by atoms with Crippen molar-refractivity contribution in [3.8, 4) is 29.4 Å². The number of aromatic carboxylic acids is 7. The van der Waals surface area contributed by atoms with E-state index in [2.05, 4.69) is 29.8 Å². The lowest BCUT2D eigenvalue weighted by molar-refractivity contribution is -0.119. The molecule has 12 aromatic carbocycles. The summed E-state index contributed by atoms with van der Waals surface area (Å²) >= 11 is 0. The molecule has 146 heavy (non-hydrogen) atoms. The third kappa shape index (κ3) is 35.4. The van der Waals surface area contributed by atoms with Crippen molar-refractivity contribution in [2.24, 2.45) is 5.73 Å². The predicted molar refractivity (Wildman–Crippen MR) is 542 cm³/mol. The summed E-state index contributed by atoms with van der Waals surface area (Å²) in [6, 6.07) is 72.2. The van der Waals surface area contributed by atoms with Gasteiger partial charge in [0, 0.05) is 60.0 Å². The first-order chi connectivity index (χ1) is 69.9. The van der Waals surface area contributed by atoms with Crippen LogP contribution in [0.4, 0.5) is 17.1 Å². The van der Waals surface area contributed by atoms with Crippen LogP contribution in [0.1, 0.15) is 268 Å². The van der Waals surface area contributed by atoms with Crippen LogP contribution < -0.4 is 35.9 Å². The minimum atomic E-state index is -1.22. The summed E-state index contributed by atoms with van der Waals surface area (Å²) in [5.41, 5.74) is 13.4. The standard InChI is InChI=1S/C20H21NO4.C20H22O4.C19H19NO5.2C18H14N2O5.C18H18O4/c1-2-3-6-13-9-10-14(17(11-13)19(21)23)12-18(22)15-7-4-5-8-16(15)20(24)25;1-3-4-7-15-11-10-14(13-19(15)24-2)12-18(21)16-8-5-6-9-17(16)20(22)23;1-2-3-6-12-9-10-16(15(11-12)19(24)25)20-17(21)13-7-4-5-8-14(13)18(22)23;2*1-11(21)10-25-16-7-6-13(8-12(16)9-19)20-17(22)14-4-2-3-5-15(14)18(23)24;1-22-11-10-13-6-8-14(9-7-13)12-17(19)15-4-2-3-5-16(15)18(20)21/h4-5,7-11H,2-3,6,12H2,1H3,(H2,21,23)(H,24,25);5-6,8-11,13H,3-4,7,12H2,1-2H3,(H,22,23);4-5,7-11H,2-3,6H2,1H3,(H,20,21)(H,22,23)(H,24,25);2*2-8H,10H2,1H3,(H,20,22)(H,23,24);2-9H,10-12H2,1H3,(H,20,21). The van der Waals surface area contributed by atoms with Crippen LogP contribution in [0.2, 0.25) is 0 Å². The Kier molecular flexibility index (Phi) is 45.9. The smallest absolute Gasteiger partial charge is 0.337 e. The number of hydrogen-bond donors (Lipinski definition) is 11. The van der Waals surface area contributed by atoms with E-state index in [4.69, 9.17) is 45.1 Å². The Hall–Kier alpha value is -18.5. The third-order valence-corrected chi connectivity index (χ3v) is 21.6. The quantitative estimate of drug-likeness (QED) is 0.0158. The van der Waals surface area contributed by atoms with Crippen molar-refractivity contribution >= 4 is 111 Å². The number of nitrogens with two attached hydrogens (primary N) is 1. The lowest BCUT2D eigenvalue weighted by atomic mass is 9.93. The number of carboxylic acids is 7. The number of nitrogens with one attached hydrogen (secondary N) is 3. The van der Waals surface area contributed by atoms with Gasteiger partial charge in [0.05, 0.1) is 86.2 Å². The Balaban J connectivity index is 0.000000237. The summed E-state index contributed by atoms with van der Waals surface area (Å²) < 4.78 is 20.9. The molecule has 0 saturated carbocycles. The number of nitriles is 2. The zero-order valence-corrected chi connectivity index (χ0v) is 80.9. The maximum atomic E-state index is 12.6.